The van der Waals surface area contributed by atoms with Crippen LogP contribution in [0.15, 0.2) is 6.07 Å². The van der Waals surface area contributed by atoms with E-state index in [1.54, 1.807) is 0 Å². The van der Waals surface area contributed by atoms with Crippen LogP contribution in [0.5, 0.6) is 0 Å². The molecule has 0 heterocycles. The fourth-order valence-corrected chi connectivity index (χ4v) is 1.33. The number of benzene rings is 1. The zero-order chi connectivity index (χ0) is 11.1. The van der Waals surface area contributed by atoms with Gasteiger partial charge in [0.15, 0.2) is 0 Å². The van der Waals surface area contributed by atoms with Crippen molar-refractivity contribution in [3.05, 3.63) is 22.8 Å². The fraction of sp³-hybridized carbons (Fsp3) is 0.333. The third kappa shape index (κ3) is 1.62. The van der Waals surface area contributed by atoms with Crippen LogP contribution in [0.2, 0.25) is 0 Å². The molecule has 5 heteroatoms. The van der Waals surface area contributed by atoms with Gasteiger partial charge in [0.05, 0.1) is 5.56 Å². The van der Waals surface area contributed by atoms with Gasteiger partial charge in [-0.25, -0.2) is 0 Å². The van der Waals surface area contributed by atoms with E-state index < -0.39 is 11.7 Å². The zero-order valence-electron chi connectivity index (χ0n) is 7.87. The number of alkyl halides is 3. The molecule has 0 fully saturated rings. The highest BCUT2D eigenvalue weighted by Crippen LogP contribution is 2.39. The first-order valence-electron chi connectivity index (χ1n) is 3.97. The molecule has 1 aromatic rings. The van der Waals surface area contributed by atoms with Gasteiger partial charge >= 0.3 is 6.18 Å². The Morgan fingerprint density at radius 3 is 2.07 bits per heavy atom. The molecule has 0 spiro atoms. The minimum Gasteiger partial charge on any atom is -0.398 e. The van der Waals surface area contributed by atoms with Crippen LogP contribution in [0.3, 0.4) is 0 Å². The van der Waals surface area contributed by atoms with Gasteiger partial charge in [-0.1, -0.05) is 0 Å². The van der Waals surface area contributed by atoms with Gasteiger partial charge in [-0.15, -0.1) is 0 Å². The summed E-state index contributed by atoms with van der Waals surface area (Å²) >= 11 is 0. The predicted octanol–water partition coefficient (Wildman–Crippen LogP) is 2.49. The SMILES string of the molecule is Cc1cc(N)c(C)c(C(F)(F)F)c1N. The van der Waals surface area contributed by atoms with Gasteiger partial charge in [-0.2, -0.15) is 13.2 Å². The van der Waals surface area contributed by atoms with Crippen molar-refractivity contribution in [1.82, 2.24) is 0 Å². The van der Waals surface area contributed by atoms with E-state index in [1.165, 1.54) is 19.9 Å². The summed E-state index contributed by atoms with van der Waals surface area (Å²) in [5.41, 5.74) is 10.2. The summed E-state index contributed by atoms with van der Waals surface area (Å²) in [4.78, 5) is 0. The number of aryl methyl sites for hydroxylation is 1. The summed E-state index contributed by atoms with van der Waals surface area (Å²) in [6.45, 7) is 2.81. The summed E-state index contributed by atoms with van der Waals surface area (Å²) in [7, 11) is 0. The van der Waals surface area contributed by atoms with Gasteiger partial charge in [-0.05, 0) is 31.0 Å². The maximum Gasteiger partial charge on any atom is 0.418 e. The molecule has 0 atom stereocenters. The number of halogens is 3. The molecule has 1 rings (SSSR count). The minimum absolute atomic E-state index is 0.0133. The lowest BCUT2D eigenvalue weighted by molar-refractivity contribution is -0.137. The highest BCUT2D eigenvalue weighted by molar-refractivity contribution is 5.66. The summed E-state index contributed by atoms with van der Waals surface area (Å²) in [6.07, 6.45) is -4.45. The molecule has 0 bridgehead atoms. The average molecular weight is 204 g/mol. The topological polar surface area (TPSA) is 52.0 Å². The van der Waals surface area contributed by atoms with E-state index in [4.69, 9.17) is 11.5 Å². The summed E-state index contributed by atoms with van der Waals surface area (Å²) in [6, 6.07) is 1.44. The Morgan fingerprint density at radius 1 is 1.14 bits per heavy atom. The average Bonchev–Trinajstić information content (AvgIpc) is 1.98. The molecule has 2 nitrogen and oxygen atoms in total. The highest BCUT2D eigenvalue weighted by Gasteiger charge is 2.36. The highest BCUT2D eigenvalue weighted by atomic mass is 19.4. The van der Waals surface area contributed by atoms with Crippen molar-refractivity contribution in [3.63, 3.8) is 0 Å². The lowest BCUT2D eigenvalue weighted by Crippen LogP contribution is -2.14. The van der Waals surface area contributed by atoms with E-state index >= 15 is 0 Å². The van der Waals surface area contributed by atoms with E-state index in [-0.39, 0.29) is 16.9 Å². The number of nitrogens with two attached hydrogens (primary N) is 2. The van der Waals surface area contributed by atoms with E-state index in [1.807, 2.05) is 0 Å². The molecule has 0 amide bonds. The van der Waals surface area contributed by atoms with Crippen LogP contribution in [0.25, 0.3) is 0 Å². The lowest BCUT2D eigenvalue weighted by Gasteiger charge is -2.16. The smallest absolute Gasteiger partial charge is 0.398 e. The van der Waals surface area contributed by atoms with Crippen molar-refractivity contribution in [2.75, 3.05) is 11.5 Å². The zero-order valence-corrected chi connectivity index (χ0v) is 7.87. The molecule has 1 aromatic carbocycles. The quantitative estimate of drug-likeness (QED) is 0.638. The van der Waals surface area contributed by atoms with Crippen LogP contribution < -0.4 is 11.5 Å². The molecule has 0 saturated carbocycles. The van der Waals surface area contributed by atoms with Crippen molar-refractivity contribution >= 4 is 11.4 Å². The third-order valence-corrected chi connectivity index (χ3v) is 2.16. The third-order valence-electron chi connectivity index (χ3n) is 2.16. The van der Waals surface area contributed by atoms with Gasteiger partial charge < -0.3 is 11.5 Å². The molecule has 0 aliphatic rings. The summed E-state index contributed by atoms with van der Waals surface area (Å²) in [5.74, 6) is 0. The van der Waals surface area contributed by atoms with Crippen LogP contribution in [-0.4, -0.2) is 0 Å². The Morgan fingerprint density at radius 2 is 1.64 bits per heavy atom. The molecule has 78 valence electrons. The first-order chi connectivity index (χ1) is 6.25. The normalized spacial score (nSPS) is 11.8. The predicted molar refractivity (Wildman–Crippen MR) is 49.7 cm³/mol. The molecule has 14 heavy (non-hydrogen) atoms. The Balaban J connectivity index is 3.56. The lowest BCUT2D eigenvalue weighted by atomic mass is 10.0. The van der Waals surface area contributed by atoms with E-state index in [2.05, 4.69) is 0 Å². The Kier molecular flexibility index (Phi) is 2.35. The number of rotatable bonds is 0. The number of anilines is 2. The van der Waals surface area contributed by atoms with Crippen LogP contribution in [0.4, 0.5) is 24.5 Å². The van der Waals surface area contributed by atoms with Crippen molar-refractivity contribution < 1.29 is 13.2 Å². The Bertz CT molecular complexity index is 343. The molecule has 0 saturated heterocycles. The standard InChI is InChI=1S/C9H11F3N2/c1-4-3-6(13)5(2)7(8(4)14)9(10,11)12/h3H,13-14H2,1-2H3. The van der Waals surface area contributed by atoms with Crippen LogP contribution >= 0.6 is 0 Å². The summed E-state index contributed by atoms with van der Waals surface area (Å²) < 4.78 is 37.6. The maximum atomic E-state index is 12.5. The first kappa shape index (κ1) is 10.7. The van der Waals surface area contributed by atoms with Gasteiger partial charge in [0, 0.05) is 11.4 Å². The second kappa shape index (κ2) is 3.08. The molecule has 4 N–H and O–H groups in total. The van der Waals surface area contributed by atoms with Gasteiger partial charge in [-0.3, -0.25) is 0 Å². The molecular formula is C9H11F3N2. The van der Waals surface area contributed by atoms with Crippen LogP contribution in [0.1, 0.15) is 16.7 Å². The van der Waals surface area contributed by atoms with E-state index in [0.717, 1.165) is 0 Å². The molecule has 0 aromatic heterocycles. The Labute approximate surface area is 79.7 Å². The van der Waals surface area contributed by atoms with Crippen molar-refractivity contribution in [2.45, 2.75) is 20.0 Å². The number of hydrogen-bond donors (Lipinski definition) is 2. The van der Waals surface area contributed by atoms with Crippen molar-refractivity contribution in [3.8, 4) is 0 Å². The Hall–Kier alpha value is -1.39. The number of hydrogen-bond acceptors (Lipinski definition) is 2. The molecule has 0 aliphatic heterocycles. The number of nitrogen functional groups attached to an aromatic ring is 2. The second-order valence-corrected chi connectivity index (χ2v) is 3.19. The fourth-order valence-electron chi connectivity index (χ4n) is 1.33. The summed E-state index contributed by atoms with van der Waals surface area (Å²) in [5, 5.41) is 0. The minimum atomic E-state index is -4.45. The monoisotopic (exact) mass is 204 g/mol. The van der Waals surface area contributed by atoms with Crippen molar-refractivity contribution in [1.29, 1.82) is 0 Å². The van der Waals surface area contributed by atoms with Gasteiger partial charge in [0.1, 0.15) is 0 Å². The molecule has 0 radical (unpaired) electrons. The van der Waals surface area contributed by atoms with Crippen LogP contribution in [0, 0.1) is 13.8 Å². The van der Waals surface area contributed by atoms with Crippen LogP contribution in [-0.2, 0) is 6.18 Å². The molecular weight excluding hydrogens is 193 g/mol. The molecule has 0 unspecified atom stereocenters. The van der Waals surface area contributed by atoms with Crippen molar-refractivity contribution in [2.24, 2.45) is 0 Å². The molecule has 0 aliphatic carbocycles. The first-order valence-corrected chi connectivity index (χ1v) is 3.97. The maximum absolute atomic E-state index is 12.5. The van der Waals surface area contributed by atoms with E-state index in [9.17, 15) is 13.2 Å². The second-order valence-electron chi connectivity index (χ2n) is 3.19. The van der Waals surface area contributed by atoms with E-state index in [0.29, 0.717) is 5.56 Å². The van der Waals surface area contributed by atoms with Gasteiger partial charge in [0.2, 0.25) is 0 Å². The van der Waals surface area contributed by atoms with Gasteiger partial charge in [0.25, 0.3) is 0 Å². The largest absolute Gasteiger partial charge is 0.418 e.